The van der Waals surface area contributed by atoms with E-state index in [0.717, 1.165) is 6.54 Å². The van der Waals surface area contributed by atoms with Gasteiger partial charge in [0.1, 0.15) is 12.4 Å². The molecule has 1 atom stereocenters. The van der Waals surface area contributed by atoms with Gasteiger partial charge in [-0.2, -0.15) is 0 Å². The number of aliphatic hydroxyl groups excluding tert-OH is 1. The molecule has 0 radical (unpaired) electrons. The van der Waals surface area contributed by atoms with Gasteiger partial charge in [0.05, 0.1) is 0 Å². The molecule has 1 aromatic rings. The first kappa shape index (κ1) is 10.1. The smallest absolute Gasteiger partial charge is 0.163 e. The molecule has 0 saturated carbocycles. The molecule has 0 aliphatic carbocycles. The molecule has 74 valence electrons. The molecule has 1 rings (SSSR count). The number of aromatic nitrogens is 3. The molecule has 0 aromatic carbocycles. The van der Waals surface area contributed by atoms with E-state index in [1.807, 2.05) is 4.57 Å². The van der Waals surface area contributed by atoms with Crippen molar-refractivity contribution in [1.82, 2.24) is 14.8 Å². The fraction of sp³-hybridized carbons (Fsp3) is 0.750. The Morgan fingerprint density at radius 3 is 2.85 bits per heavy atom. The second-order valence-electron chi connectivity index (χ2n) is 3.49. The minimum Gasteiger partial charge on any atom is -0.384 e. The van der Waals surface area contributed by atoms with Crippen molar-refractivity contribution in [1.29, 1.82) is 0 Å². The Balaban J connectivity index is 2.76. The van der Waals surface area contributed by atoms with E-state index in [1.165, 1.54) is 0 Å². The monoisotopic (exact) mass is 184 g/mol. The number of nitrogens with zero attached hydrogens (tertiary/aromatic N) is 3. The second-order valence-corrected chi connectivity index (χ2v) is 3.49. The summed E-state index contributed by atoms with van der Waals surface area (Å²) in [6.45, 7) is 5.17. The predicted octanol–water partition coefficient (Wildman–Crippen LogP) is -0.0738. The highest BCUT2D eigenvalue weighted by Gasteiger charge is 2.13. The van der Waals surface area contributed by atoms with E-state index in [-0.39, 0.29) is 6.54 Å². The van der Waals surface area contributed by atoms with Crippen LogP contribution in [0, 0.1) is 5.92 Å². The number of rotatable bonds is 4. The summed E-state index contributed by atoms with van der Waals surface area (Å²) in [6, 6.07) is 0. The van der Waals surface area contributed by atoms with Gasteiger partial charge in [-0.25, -0.2) is 0 Å². The fourth-order valence-corrected chi connectivity index (χ4v) is 1.16. The van der Waals surface area contributed by atoms with Gasteiger partial charge >= 0.3 is 0 Å². The summed E-state index contributed by atoms with van der Waals surface area (Å²) in [4.78, 5) is 0. The molecule has 0 saturated heterocycles. The van der Waals surface area contributed by atoms with Gasteiger partial charge in [0.2, 0.25) is 0 Å². The van der Waals surface area contributed by atoms with Crippen LogP contribution in [-0.2, 0) is 6.54 Å². The molecule has 5 nitrogen and oxygen atoms in total. The number of hydrogen-bond acceptors (Lipinski definition) is 4. The molecule has 13 heavy (non-hydrogen) atoms. The van der Waals surface area contributed by atoms with Crippen LogP contribution in [0.3, 0.4) is 0 Å². The van der Waals surface area contributed by atoms with Gasteiger partial charge in [0.25, 0.3) is 0 Å². The van der Waals surface area contributed by atoms with Gasteiger partial charge in [0.15, 0.2) is 5.82 Å². The predicted molar refractivity (Wildman–Crippen MR) is 48.9 cm³/mol. The summed E-state index contributed by atoms with van der Waals surface area (Å²) in [5.74, 6) is 1.05. The van der Waals surface area contributed by atoms with Crippen molar-refractivity contribution in [2.75, 3.05) is 6.54 Å². The summed E-state index contributed by atoms with van der Waals surface area (Å²) >= 11 is 0. The standard InChI is InChI=1S/C8H16N4O/c1-6(2)4-12-5-10-11-8(12)7(13)3-9/h5-7,13H,3-4,9H2,1-2H3/t7-/m0/s1. The molecule has 0 bridgehead atoms. The summed E-state index contributed by atoms with van der Waals surface area (Å²) in [6.07, 6.45) is 0.912. The van der Waals surface area contributed by atoms with Crippen molar-refractivity contribution in [3.63, 3.8) is 0 Å². The Morgan fingerprint density at radius 2 is 2.31 bits per heavy atom. The molecular weight excluding hydrogens is 168 g/mol. The van der Waals surface area contributed by atoms with Gasteiger partial charge < -0.3 is 15.4 Å². The van der Waals surface area contributed by atoms with E-state index in [4.69, 9.17) is 5.73 Å². The fourth-order valence-electron chi connectivity index (χ4n) is 1.16. The van der Waals surface area contributed by atoms with E-state index in [9.17, 15) is 5.11 Å². The Kier molecular flexibility index (Phi) is 3.39. The molecular formula is C8H16N4O. The average Bonchev–Trinajstić information content (AvgIpc) is 2.50. The van der Waals surface area contributed by atoms with Crippen LogP contribution in [0.2, 0.25) is 0 Å². The number of aliphatic hydroxyl groups is 1. The molecule has 0 fully saturated rings. The molecule has 5 heteroatoms. The van der Waals surface area contributed by atoms with Gasteiger partial charge in [-0.3, -0.25) is 0 Å². The first-order valence-electron chi connectivity index (χ1n) is 4.41. The van der Waals surface area contributed by atoms with Crippen LogP contribution in [0.15, 0.2) is 6.33 Å². The maximum absolute atomic E-state index is 9.46. The number of hydrogen-bond donors (Lipinski definition) is 2. The zero-order valence-electron chi connectivity index (χ0n) is 8.01. The van der Waals surface area contributed by atoms with Crippen LogP contribution in [0.5, 0.6) is 0 Å². The van der Waals surface area contributed by atoms with Crippen molar-refractivity contribution in [2.45, 2.75) is 26.5 Å². The van der Waals surface area contributed by atoms with Crippen molar-refractivity contribution in [2.24, 2.45) is 11.7 Å². The van der Waals surface area contributed by atoms with E-state index < -0.39 is 6.10 Å². The highest BCUT2D eigenvalue weighted by molar-refractivity contribution is 4.91. The maximum atomic E-state index is 9.46. The zero-order chi connectivity index (χ0) is 9.84. The quantitative estimate of drug-likeness (QED) is 0.686. The molecule has 1 heterocycles. The molecule has 0 amide bonds. The minimum atomic E-state index is -0.707. The topological polar surface area (TPSA) is 77.0 Å². The summed E-state index contributed by atoms with van der Waals surface area (Å²) in [5, 5.41) is 17.0. The van der Waals surface area contributed by atoms with Crippen molar-refractivity contribution in [3.05, 3.63) is 12.2 Å². The van der Waals surface area contributed by atoms with Crippen LogP contribution in [0.1, 0.15) is 25.8 Å². The average molecular weight is 184 g/mol. The lowest BCUT2D eigenvalue weighted by Gasteiger charge is -2.11. The normalized spacial score (nSPS) is 13.6. The SMILES string of the molecule is CC(C)Cn1cnnc1[C@@H](O)CN. The van der Waals surface area contributed by atoms with Gasteiger partial charge in [-0.15, -0.1) is 10.2 Å². The van der Waals surface area contributed by atoms with Crippen LogP contribution < -0.4 is 5.73 Å². The third kappa shape index (κ3) is 2.50. The van der Waals surface area contributed by atoms with E-state index in [0.29, 0.717) is 11.7 Å². The van der Waals surface area contributed by atoms with Crippen LogP contribution in [0.4, 0.5) is 0 Å². The lowest BCUT2D eigenvalue weighted by atomic mass is 10.2. The Labute approximate surface area is 77.6 Å². The Hall–Kier alpha value is -0.940. The molecule has 0 aliphatic rings. The highest BCUT2D eigenvalue weighted by atomic mass is 16.3. The molecule has 0 aliphatic heterocycles. The van der Waals surface area contributed by atoms with E-state index in [2.05, 4.69) is 24.0 Å². The Morgan fingerprint density at radius 1 is 1.62 bits per heavy atom. The summed E-state index contributed by atoms with van der Waals surface area (Å²) < 4.78 is 1.84. The molecule has 1 aromatic heterocycles. The van der Waals surface area contributed by atoms with Gasteiger partial charge in [0, 0.05) is 13.1 Å². The van der Waals surface area contributed by atoms with Crippen molar-refractivity contribution in [3.8, 4) is 0 Å². The largest absolute Gasteiger partial charge is 0.384 e. The summed E-state index contributed by atoms with van der Waals surface area (Å²) in [5.41, 5.74) is 5.33. The first-order valence-corrected chi connectivity index (χ1v) is 4.41. The maximum Gasteiger partial charge on any atom is 0.163 e. The van der Waals surface area contributed by atoms with E-state index >= 15 is 0 Å². The first-order chi connectivity index (χ1) is 6.15. The molecule has 0 spiro atoms. The molecule has 0 unspecified atom stereocenters. The zero-order valence-corrected chi connectivity index (χ0v) is 8.01. The van der Waals surface area contributed by atoms with Gasteiger partial charge in [-0.05, 0) is 5.92 Å². The lowest BCUT2D eigenvalue weighted by molar-refractivity contribution is 0.170. The van der Waals surface area contributed by atoms with E-state index in [1.54, 1.807) is 6.33 Å². The lowest BCUT2D eigenvalue weighted by Crippen LogP contribution is -2.18. The Bertz CT molecular complexity index is 258. The number of nitrogens with two attached hydrogens (primary N) is 1. The van der Waals surface area contributed by atoms with Crippen molar-refractivity contribution >= 4 is 0 Å². The third-order valence-electron chi connectivity index (χ3n) is 1.73. The van der Waals surface area contributed by atoms with Crippen LogP contribution in [0.25, 0.3) is 0 Å². The summed E-state index contributed by atoms with van der Waals surface area (Å²) in [7, 11) is 0. The van der Waals surface area contributed by atoms with Crippen LogP contribution >= 0.6 is 0 Å². The minimum absolute atomic E-state index is 0.177. The van der Waals surface area contributed by atoms with Gasteiger partial charge in [-0.1, -0.05) is 13.8 Å². The third-order valence-corrected chi connectivity index (χ3v) is 1.73. The van der Waals surface area contributed by atoms with Crippen LogP contribution in [-0.4, -0.2) is 26.4 Å². The second kappa shape index (κ2) is 4.34. The highest BCUT2D eigenvalue weighted by Crippen LogP contribution is 2.09. The molecule has 3 N–H and O–H groups in total. The van der Waals surface area contributed by atoms with Crippen molar-refractivity contribution < 1.29 is 5.11 Å².